The lowest BCUT2D eigenvalue weighted by Crippen LogP contribution is -2.57. The maximum Gasteiger partial charge on any atom is 0.212 e. The topological polar surface area (TPSA) is 91.8 Å². The summed E-state index contributed by atoms with van der Waals surface area (Å²) in [5.74, 6) is 0.526. The Morgan fingerprint density at radius 3 is 2.89 bits per heavy atom. The number of nitrogens with zero attached hydrogens (tertiary/aromatic N) is 4. The van der Waals surface area contributed by atoms with Crippen LogP contribution in [0.2, 0.25) is 0 Å². The molecule has 0 aromatic carbocycles. The maximum absolute atomic E-state index is 13.4. The third-order valence-electron chi connectivity index (χ3n) is 9.94. The molecule has 0 amide bonds. The molecule has 2 heterocycles. The standard InChI is InChI=1S/C28H31FN4O2S/c1-27-12-16-14-32-33(18-4-8-24(29)31-15-18)22(16)11-17(27)3-5-19-20-6-7-21(26(35)36-10-9-30)28(20,2)13-23(34)25(19)27/h4,8,11,14-15,19-21,23,25,34H,3,5-7,10,12-13H2,1-2H3/t19-,20-,21?,23-,25+,27-,28+/m0/s1. The van der Waals surface area contributed by atoms with Gasteiger partial charge in [0.05, 0.1) is 41.7 Å². The predicted molar refractivity (Wildman–Crippen MR) is 135 cm³/mol. The predicted octanol–water partition coefficient (Wildman–Crippen LogP) is 4.96. The fourth-order valence-electron chi connectivity index (χ4n) is 8.47. The van der Waals surface area contributed by atoms with Crippen LogP contribution >= 0.6 is 11.8 Å². The third kappa shape index (κ3) is 3.42. The van der Waals surface area contributed by atoms with Crippen molar-refractivity contribution in [3.05, 3.63) is 47.3 Å². The lowest BCUT2D eigenvalue weighted by atomic mass is 9.46. The van der Waals surface area contributed by atoms with Crippen molar-refractivity contribution >= 4 is 23.0 Å². The smallest absolute Gasteiger partial charge is 0.212 e. The fraction of sp³-hybridized carbons (Fsp3) is 0.571. The van der Waals surface area contributed by atoms with E-state index in [-0.39, 0.29) is 33.5 Å². The molecule has 188 valence electrons. The summed E-state index contributed by atoms with van der Waals surface area (Å²) < 4.78 is 15.2. The van der Waals surface area contributed by atoms with Crippen LogP contribution in [0.5, 0.6) is 0 Å². The lowest BCUT2D eigenvalue weighted by molar-refractivity contribution is -0.136. The van der Waals surface area contributed by atoms with E-state index in [4.69, 9.17) is 5.26 Å². The molecule has 1 N–H and O–H groups in total. The van der Waals surface area contributed by atoms with Gasteiger partial charge in [-0.1, -0.05) is 31.2 Å². The number of aliphatic hydroxyl groups is 1. The second-order valence-corrected chi connectivity index (χ2v) is 12.6. The zero-order chi connectivity index (χ0) is 25.2. The number of carbonyl (C=O) groups excluding carboxylic acids is 1. The second-order valence-electron chi connectivity index (χ2n) is 11.6. The molecule has 0 spiro atoms. The molecular formula is C28H31FN4O2S. The number of nitriles is 1. The van der Waals surface area contributed by atoms with Crippen LogP contribution in [0.3, 0.4) is 0 Å². The average Bonchev–Trinajstić information content (AvgIpc) is 3.40. The number of pyridine rings is 1. The van der Waals surface area contributed by atoms with Gasteiger partial charge in [-0.2, -0.15) is 14.8 Å². The van der Waals surface area contributed by atoms with Gasteiger partial charge in [-0.15, -0.1) is 0 Å². The summed E-state index contributed by atoms with van der Waals surface area (Å²) in [6, 6.07) is 5.12. The van der Waals surface area contributed by atoms with Gasteiger partial charge in [0.25, 0.3) is 0 Å². The molecule has 2 aromatic heterocycles. The molecule has 0 radical (unpaired) electrons. The number of hydrogen-bond donors (Lipinski definition) is 1. The second kappa shape index (κ2) is 8.53. The highest BCUT2D eigenvalue weighted by molar-refractivity contribution is 8.13. The van der Waals surface area contributed by atoms with E-state index in [2.05, 4.69) is 36.1 Å². The van der Waals surface area contributed by atoms with Crippen molar-refractivity contribution in [1.82, 2.24) is 14.8 Å². The van der Waals surface area contributed by atoms with Gasteiger partial charge in [-0.3, -0.25) is 4.79 Å². The van der Waals surface area contributed by atoms with Gasteiger partial charge < -0.3 is 5.11 Å². The van der Waals surface area contributed by atoms with Crippen molar-refractivity contribution in [3.63, 3.8) is 0 Å². The SMILES string of the molecule is C[C@]12Cc3cnn(-c4ccc(F)nc4)c3C=C1CC[C@@H]1[C@@H]2[C@@H](O)C[C@@]2(C)C(C(=O)SCC#N)CC[C@@H]12. The molecule has 6 rings (SSSR count). The molecule has 2 aromatic rings. The molecule has 4 aliphatic carbocycles. The minimum Gasteiger partial charge on any atom is -0.393 e. The molecule has 3 fully saturated rings. The Hall–Kier alpha value is -2.50. The van der Waals surface area contributed by atoms with E-state index >= 15 is 0 Å². The summed E-state index contributed by atoms with van der Waals surface area (Å²) in [6.45, 7) is 4.52. The number of rotatable bonds is 3. The van der Waals surface area contributed by atoms with Crippen LogP contribution in [-0.4, -0.2) is 36.8 Å². The van der Waals surface area contributed by atoms with E-state index in [1.165, 1.54) is 17.8 Å². The van der Waals surface area contributed by atoms with Gasteiger partial charge in [0.2, 0.25) is 5.95 Å². The van der Waals surface area contributed by atoms with E-state index in [1.807, 2.05) is 10.9 Å². The van der Waals surface area contributed by atoms with Gasteiger partial charge in [0.1, 0.15) is 0 Å². The quantitative estimate of drug-likeness (QED) is 0.592. The van der Waals surface area contributed by atoms with E-state index in [9.17, 15) is 14.3 Å². The van der Waals surface area contributed by atoms with E-state index < -0.39 is 12.1 Å². The first kappa shape index (κ1) is 23.9. The van der Waals surface area contributed by atoms with Crippen molar-refractivity contribution in [2.75, 3.05) is 5.75 Å². The number of halogens is 1. The highest BCUT2D eigenvalue weighted by Crippen LogP contribution is 2.67. The molecule has 7 atom stereocenters. The zero-order valence-corrected chi connectivity index (χ0v) is 21.5. The summed E-state index contributed by atoms with van der Waals surface area (Å²) in [6.07, 6.45) is 10.5. The number of aliphatic hydroxyl groups excluding tert-OH is 1. The van der Waals surface area contributed by atoms with Gasteiger partial charge in [-0.05, 0) is 90.9 Å². The number of thioether (sulfide) groups is 1. The van der Waals surface area contributed by atoms with Crippen molar-refractivity contribution in [2.45, 2.75) is 58.5 Å². The maximum atomic E-state index is 13.4. The van der Waals surface area contributed by atoms with Gasteiger partial charge >= 0.3 is 0 Å². The molecule has 0 bridgehead atoms. The first-order valence-electron chi connectivity index (χ1n) is 12.9. The third-order valence-corrected chi connectivity index (χ3v) is 10.8. The van der Waals surface area contributed by atoms with Crippen molar-refractivity contribution in [3.8, 4) is 11.8 Å². The molecule has 4 aliphatic rings. The Balaban J connectivity index is 1.32. The monoisotopic (exact) mass is 506 g/mol. The Bertz CT molecular complexity index is 1280. The van der Waals surface area contributed by atoms with Crippen molar-refractivity contribution in [2.24, 2.45) is 34.5 Å². The highest BCUT2D eigenvalue weighted by atomic mass is 32.2. The van der Waals surface area contributed by atoms with Crippen LogP contribution in [0.25, 0.3) is 11.8 Å². The van der Waals surface area contributed by atoms with Crippen LogP contribution in [0.4, 0.5) is 4.39 Å². The first-order chi connectivity index (χ1) is 17.3. The summed E-state index contributed by atoms with van der Waals surface area (Å²) >= 11 is 1.14. The summed E-state index contributed by atoms with van der Waals surface area (Å²) in [7, 11) is 0. The number of allylic oxidation sites excluding steroid dienone is 1. The zero-order valence-electron chi connectivity index (χ0n) is 20.7. The molecule has 0 saturated heterocycles. The Labute approximate surface area is 215 Å². The highest BCUT2D eigenvalue weighted by Gasteiger charge is 2.63. The fourth-order valence-corrected chi connectivity index (χ4v) is 9.27. The van der Waals surface area contributed by atoms with Gasteiger partial charge in [0.15, 0.2) is 5.12 Å². The first-order valence-corrected chi connectivity index (χ1v) is 13.9. The Morgan fingerprint density at radius 2 is 2.14 bits per heavy atom. The number of hydrogen-bond acceptors (Lipinski definition) is 6. The summed E-state index contributed by atoms with van der Waals surface area (Å²) in [5.41, 5.74) is 3.87. The molecule has 8 heteroatoms. The number of carbonyl (C=O) groups is 1. The van der Waals surface area contributed by atoms with E-state index in [0.717, 1.165) is 60.8 Å². The van der Waals surface area contributed by atoms with E-state index in [1.54, 1.807) is 6.07 Å². The van der Waals surface area contributed by atoms with Gasteiger partial charge in [-0.25, -0.2) is 9.67 Å². The Kier molecular flexibility index (Phi) is 5.65. The van der Waals surface area contributed by atoms with E-state index in [0.29, 0.717) is 18.3 Å². The molecule has 6 nitrogen and oxygen atoms in total. The molecule has 0 aliphatic heterocycles. The van der Waals surface area contributed by atoms with Crippen LogP contribution in [0, 0.1) is 51.8 Å². The van der Waals surface area contributed by atoms with Crippen LogP contribution < -0.4 is 0 Å². The average molecular weight is 507 g/mol. The van der Waals surface area contributed by atoms with Crippen LogP contribution in [0.1, 0.15) is 57.2 Å². The minimum atomic E-state index is -0.512. The van der Waals surface area contributed by atoms with Gasteiger partial charge in [0, 0.05) is 5.92 Å². The molecule has 36 heavy (non-hydrogen) atoms. The lowest BCUT2D eigenvalue weighted by Gasteiger charge is -2.59. The summed E-state index contributed by atoms with van der Waals surface area (Å²) in [5, 5.41) is 25.4. The number of aromatic nitrogens is 3. The normalized spacial score (nSPS) is 36.6. The van der Waals surface area contributed by atoms with Crippen molar-refractivity contribution in [1.29, 1.82) is 5.26 Å². The molecular weight excluding hydrogens is 475 g/mol. The van der Waals surface area contributed by atoms with Crippen LogP contribution in [-0.2, 0) is 11.2 Å². The molecule has 3 saturated carbocycles. The number of fused-ring (bicyclic) bond motifs is 6. The van der Waals surface area contributed by atoms with Crippen LogP contribution in [0.15, 0.2) is 30.1 Å². The Morgan fingerprint density at radius 1 is 1.31 bits per heavy atom. The molecule has 1 unspecified atom stereocenters. The summed E-state index contributed by atoms with van der Waals surface area (Å²) in [4.78, 5) is 16.8. The minimum absolute atomic E-state index is 0.0818. The van der Waals surface area contributed by atoms with Crippen molar-refractivity contribution < 1.29 is 14.3 Å². The largest absolute Gasteiger partial charge is 0.393 e.